The average molecular weight is 453 g/mol. The minimum Gasteiger partial charge on any atom is -0.477 e. The highest BCUT2D eigenvalue weighted by molar-refractivity contribution is 7.80. The molecule has 9 nitrogen and oxygen atoms in total. The number of piperazine rings is 1. The van der Waals surface area contributed by atoms with Gasteiger partial charge in [-0.15, -0.1) is 0 Å². The third-order valence-electron chi connectivity index (χ3n) is 5.61. The Kier molecular flexibility index (Phi) is 6.04. The van der Waals surface area contributed by atoms with E-state index in [0.717, 1.165) is 11.3 Å². The smallest absolute Gasteiger partial charge is 0.341 e. The number of carbonyl (C=O) groups is 1. The first kappa shape index (κ1) is 21.7. The van der Waals surface area contributed by atoms with E-state index >= 15 is 0 Å². The lowest BCUT2D eigenvalue weighted by Gasteiger charge is -2.36. The summed E-state index contributed by atoms with van der Waals surface area (Å²) in [6.45, 7) is 7.15. The van der Waals surface area contributed by atoms with Gasteiger partial charge in [-0.1, -0.05) is 18.2 Å². The standard InChI is InChI=1S/C22H24N6O3S/c1-3-26-13-16(20(30)31)18(29)15-12-23-21(25-19(15)26)27-8-10-28(11-9-27)22(32)24-17-7-5-4-6-14(17)2/h4-7,12-13H,3,8-11H2,1-2H3,(H,24,32)(H,30,31). The number of aryl methyl sites for hydroxylation is 2. The number of para-hydroxylation sites is 1. The Morgan fingerprint density at radius 2 is 1.94 bits per heavy atom. The molecule has 0 amide bonds. The lowest BCUT2D eigenvalue weighted by molar-refractivity contribution is 0.0695. The minimum absolute atomic E-state index is 0.206. The van der Waals surface area contributed by atoms with Gasteiger partial charge in [0.1, 0.15) is 11.2 Å². The van der Waals surface area contributed by atoms with Gasteiger partial charge >= 0.3 is 5.97 Å². The molecule has 0 unspecified atom stereocenters. The van der Waals surface area contributed by atoms with Crippen molar-refractivity contribution in [3.05, 3.63) is 58.0 Å². The quantitative estimate of drug-likeness (QED) is 0.577. The van der Waals surface area contributed by atoms with Crippen molar-refractivity contribution in [1.82, 2.24) is 19.4 Å². The number of pyridine rings is 1. The minimum atomic E-state index is -1.26. The van der Waals surface area contributed by atoms with Crippen LogP contribution in [0.3, 0.4) is 0 Å². The molecule has 4 rings (SSSR count). The molecule has 166 valence electrons. The fraction of sp³-hybridized carbons (Fsp3) is 0.318. The summed E-state index contributed by atoms with van der Waals surface area (Å²) in [4.78, 5) is 37.0. The van der Waals surface area contributed by atoms with Gasteiger partial charge in [-0.25, -0.2) is 9.78 Å². The first-order chi connectivity index (χ1) is 15.4. The molecule has 0 atom stereocenters. The predicted molar refractivity (Wildman–Crippen MR) is 128 cm³/mol. The van der Waals surface area contributed by atoms with Crippen molar-refractivity contribution in [2.45, 2.75) is 20.4 Å². The van der Waals surface area contributed by atoms with E-state index in [1.54, 1.807) is 4.57 Å². The molecular formula is C22H24N6O3S. The Hall–Kier alpha value is -3.53. The Labute approximate surface area is 190 Å². The zero-order valence-corrected chi connectivity index (χ0v) is 18.7. The van der Waals surface area contributed by atoms with Crippen LogP contribution >= 0.6 is 12.2 Å². The second-order valence-electron chi connectivity index (χ2n) is 7.59. The summed E-state index contributed by atoms with van der Waals surface area (Å²) < 4.78 is 1.67. The number of nitrogens with one attached hydrogen (secondary N) is 1. The number of nitrogens with zero attached hydrogens (tertiary/aromatic N) is 5. The van der Waals surface area contributed by atoms with Gasteiger partial charge < -0.3 is 24.8 Å². The molecule has 1 fully saturated rings. The summed E-state index contributed by atoms with van der Waals surface area (Å²) in [7, 11) is 0. The van der Waals surface area contributed by atoms with Gasteiger partial charge in [0.2, 0.25) is 11.4 Å². The number of aromatic carboxylic acids is 1. The molecule has 1 aliphatic rings. The van der Waals surface area contributed by atoms with Gasteiger partial charge in [-0.05, 0) is 37.7 Å². The van der Waals surface area contributed by atoms with E-state index in [9.17, 15) is 14.7 Å². The number of benzene rings is 1. The number of carboxylic acid groups (broad SMARTS) is 1. The number of fused-ring (bicyclic) bond motifs is 1. The van der Waals surface area contributed by atoms with Crippen molar-refractivity contribution in [3.8, 4) is 0 Å². The van der Waals surface area contributed by atoms with E-state index in [-0.39, 0.29) is 10.9 Å². The van der Waals surface area contributed by atoms with Crippen LogP contribution in [0.25, 0.3) is 11.0 Å². The molecule has 3 aromatic rings. The largest absolute Gasteiger partial charge is 0.477 e. The Bertz CT molecular complexity index is 1250. The fourth-order valence-electron chi connectivity index (χ4n) is 3.73. The topological polar surface area (TPSA) is 104 Å². The molecule has 0 aliphatic carbocycles. The molecule has 0 bridgehead atoms. The van der Waals surface area contributed by atoms with E-state index in [4.69, 9.17) is 12.2 Å². The molecule has 2 aromatic heterocycles. The SMILES string of the molecule is CCn1cc(C(=O)O)c(=O)c2cnc(N3CCN(C(=S)Nc4ccccc4C)CC3)nc21. The summed E-state index contributed by atoms with van der Waals surface area (Å²) >= 11 is 5.59. The second-order valence-corrected chi connectivity index (χ2v) is 7.98. The number of rotatable bonds is 4. The van der Waals surface area contributed by atoms with E-state index in [2.05, 4.69) is 20.2 Å². The lowest BCUT2D eigenvalue weighted by Crippen LogP contribution is -2.50. The zero-order valence-electron chi connectivity index (χ0n) is 17.9. The van der Waals surface area contributed by atoms with Crippen LogP contribution in [0.5, 0.6) is 0 Å². The van der Waals surface area contributed by atoms with Crippen LogP contribution in [0.4, 0.5) is 11.6 Å². The van der Waals surface area contributed by atoms with Crippen LogP contribution in [0.1, 0.15) is 22.8 Å². The summed E-state index contributed by atoms with van der Waals surface area (Å²) in [5.74, 6) is -0.742. The Morgan fingerprint density at radius 1 is 1.22 bits per heavy atom. The van der Waals surface area contributed by atoms with Gasteiger partial charge in [0.25, 0.3) is 0 Å². The molecule has 1 saturated heterocycles. The van der Waals surface area contributed by atoms with Crippen molar-refractivity contribution in [1.29, 1.82) is 0 Å². The van der Waals surface area contributed by atoms with E-state index in [0.29, 0.717) is 49.4 Å². The normalized spacial score (nSPS) is 13.9. The summed E-state index contributed by atoms with van der Waals surface area (Å²) in [6, 6.07) is 8.01. The molecule has 1 aliphatic heterocycles. The number of anilines is 2. The monoisotopic (exact) mass is 452 g/mol. The molecule has 3 heterocycles. The van der Waals surface area contributed by atoms with Crippen molar-refractivity contribution < 1.29 is 9.90 Å². The van der Waals surface area contributed by atoms with Crippen LogP contribution in [0.2, 0.25) is 0 Å². The third kappa shape index (κ3) is 4.13. The fourth-order valence-corrected chi connectivity index (χ4v) is 4.02. The lowest BCUT2D eigenvalue weighted by atomic mass is 10.2. The van der Waals surface area contributed by atoms with Crippen molar-refractivity contribution >= 4 is 46.0 Å². The Morgan fingerprint density at radius 3 is 2.59 bits per heavy atom. The van der Waals surface area contributed by atoms with Crippen LogP contribution in [0.15, 0.2) is 41.5 Å². The molecular weight excluding hydrogens is 428 g/mol. The van der Waals surface area contributed by atoms with E-state index in [1.165, 1.54) is 12.4 Å². The van der Waals surface area contributed by atoms with Crippen LogP contribution in [-0.2, 0) is 6.54 Å². The third-order valence-corrected chi connectivity index (χ3v) is 5.97. The highest BCUT2D eigenvalue weighted by atomic mass is 32.1. The first-order valence-corrected chi connectivity index (χ1v) is 10.8. The van der Waals surface area contributed by atoms with Crippen LogP contribution in [0, 0.1) is 6.92 Å². The summed E-state index contributed by atoms with van der Waals surface area (Å²) in [5, 5.41) is 13.5. The highest BCUT2D eigenvalue weighted by Gasteiger charge is 2.23. The van der Waals surface area contributed by atoms with Crippen molar-refractivity contribution in [2.75, 3.05) is 36.4 Å². The molecule has 1 aromatic carbocycles. The van der Waals surface area contributed by atoms with Crippen LogP contribution < -0.4 is 15.6 Å². The van der Waals surface area contributed by atoms with Gasteiger partial charge in [0.05, 0.1) is 5.39 Å². The van der Waals surface area contributed by atoms with Crippen molar-refractivity contribution in [2.24, 2.45) is 0 Å². The maximum absolute atomic E-state index is 12.5. The number of aromatic nitrogens is 3. The number of hydrogen-bond acceptors (Lipinski definition) is 6. The maximum Gasteiger partial charge on any atom is 0.341 e. The molecule has 10 heteroatoms. The molecule has 32 heavy (non-hydrogen) atoms. The Balaban J connectivity index is 1.51. The van der Waals surface area contributed by atoms with Gasteiger partial charge in [0, 0.05) is 50.8 Å². The van der Waals surface area contributed by atoms with Gasteiger partial charge in [-0.3, -0.25) is 4.79 Å². The molecule has 2 N–H and O–H groups in total. The van der Waals surface area contributed by atoms with Crippen molar-refractivity contribution in [3.63, 3.8) is 0 Å². The first-order valence-electron chi connectivity index (χ1n) is 10.4. The highest BCUT2D eigenvalue weighted by Crippen LogP contribution is 2.18. The molecule has 0 spiro atoms. The van der Waals surface area contributed by atoms with E-state index in [1.807, 2.05) is 43.0 Å². The summed E-state index contributed by atoms with van der Waals surface area (Å²) in [6.07, 6.45) is 2.77. The average Bonchev–Trinajstić information content (AvgIpc) is 2.80. The van der Waals surface area contributed by atoms with Gasteiger partial charge in [-0.2, -0.15) is 4.98 Å². The maximum atomic E-state index is 12.5. The molecule has 0 radical (unpaired) electrons. The predicted octanol–water partition coefficient (Wildman–Crippen LogP) is 2.34. The molecule has 0 saturated carbocycles. The number of hydrogen-bond donors (Lipinski definition) is 2. The number of carboxylic acids is 1. The van der Waals surface area contributed by atoms with E-state index < -0.39 is 11.4 Å². The van der Waals surface area contributed by atoms with Gasteiger partial charge in [0.15, 0.2) is 5.11 Å². The number of thiocarbonyl (C=S) groups is 1. The summed E-state index contributed by atoms with van der Waals surface area (Å²) in [5.41, 5.74) is 1.72. The van der Waals surface area contributed by atoms with Crippen LogP contribution in [-0.4, -0.2) is 61.8 Å². The zero-order chi connectivity index (χ0) is 22.8. The second kappa shape index (κ2) is 8.91.